The molecule has 1 aromatic heterocycles. The van der Waals surface area contributed by atoms with Crippen molar-refractivity contribution in [2.75, 3.05) is 10.5 Å². The predicted molar refractivity (Wildman–Crippen MR) is 91.2 cm³/mol. The second-order valence-electron chi connectivity index (χ2n) is 5.34. The first-order valence-corrected chi connectivity index (χ1v) is 7.64. The van der Waals surface area contributed by atoms with Crippen molar-refractivity contribution >= 4 is 17.5 Å². The summed E-state index contributed by atoms with van der Waals surface area (Å²) in [7, 11) is 0. The van der Waals surface area contributed by atoms with Gasteiger partial charge >= 0.3 is 0 Å². The lowest BCUT2D eigenvalue weighted by atomic mass is 10.1. The van der Waals surface area contributed by atoms with Crippen LogP contribution >= 0.6 is 0 Å². The molecule has 3 aromatic rings. The summed E-state index contributed by atoms with van der Waals surface area (Å²) in [6.07, 6.45) is 1.49. The van der Waals surface area contributed by atoms with Crippen LogP contribution in [-0.2, 0) is 11.3 Å². The molecule has 0 fully saturated rings. The summed E-state index contributed by atoms with van der Waals surface area (Å²) in [5.41, 5.74) is 2.80. The van der Waals surface area contributed by atoms with E-state index in [9.17, 15) is 4.79 Å². The number of aromatic nitrogens is 3. The molecule has 0 spiro atoms. The van der Waals surface area contributed by atoms with E-state index in [-0.39, 0.29) is 30.0 Å². The highest BCUT2D eigenvalue weighted by Crippen LogP contribution is 2.22. The predicted octanol–water partition coefficient (Wildman–Crippen LogP) is 2.56. The van der Waals surface area contributed by atoms with Gasteiger partial charge in [0.1, 0.15) is 6.33 Å². The van der Waals surface area contributed by atoms with Crippen molar-refractivity contribution in [3.05, 3.63) is 60.9 Å². The summed E-state index contributed by atoms with van der Waals surface area (Å²) in [6, 6.07) is 17.5. The normalized spacial score (nSPS) is 10.5. The fraction of sp³-hybridized carbons (Fsp3) is 0.118. The highest BCUT2D eigenvalue weighted by molar-refractivity contribution is 5.91. The molecule has 3 rings (SSSR count). The smallest absolute Gasteiger partial charge is 0.295 e. The first kappa shape index (κ1) is 16.6. The van der Waals surface area contributed by atoms with Gasteiger partial charge in [0.2, 0.25) is 5.91 Å². The SMILES string of the molecule is O=C(CCn1cnc(N(O)O)n1)Nc1cccc(-c2ccccc2)c1. The van der Waals surface area contributed by atoms with E-state index in [2.05, 4.69) is 15.4 Å². The minimum Gasteiger partial charge on any atom is -0.326 e. The number of rotatable bonds is 6. The van der Waals surface area contributed by atoms with E-state index in [1.807, 2.05) is 54.6 Å². The van der Waals surface area contributed by atoms with Crippen LogP contribution in [-0.4, -0.2) is 31.1 Å². The molecule has 0 atom stereocenters. The average Bonchev–Trinajstić information content (AvgIpc) is 3.10. The molecule has 1 heterocycles. The third-order valence-corrected chi connectivity index (χ3v) is 3.52. The lowest BCUT2D eigenvalue weighted by Crippen LogP contribution is -2.16. The van der Waals surface area contributed by atoms with E-state index in [4.69, 9.17) is 10.4 Å². The molecule has 0 aliphatic rings. The van der Waals surface area contributed by atoms with Crippen molar-refractivity contribution in [1.82, 2.24) is 14.8 Å². The van der Waals surface area contributed by atoms with Crippen molar-refractivity contribution < 1.29 is 15.2 Å². The van der Waals surface area contributed by atoms with Gasteiger partial charge in [-0.2, -0.15) is 4.98 Å². The Morgan fingerprint density at radius 1 is 1.08 bits per heavy atom. The lowest BCUT2D eigenvalue weighted by Gasteiger charge is -2.08. The molecule has 2 aromatic carbocycles. The summed E-state index contributed by atoms with van der Waals surface area (Å²) in [4.78, 5) is 15.8. The summed E-state index contributed by atoms with van der Waals surface area (Å²) in [5.74, 6) is -0.428. The van der Waals surface area contributed by atoms with Gasteiger partial charge < -0.3 is 5.32 Å². The van der Waals surface area contributed by atoms with Crippen LogP contribution in [0.2, 0.25) is 0 Å². The molecule has 8 nitrogen and oxygen atoms in total. The number of hydrogen-bond donors (Lipinski definition) is 3. The second-order valence-corrected chi connectivity index (χ2v) is 5.34. The third-order valence-electron chi connectivity index (χ3n) is 3.52. The van der Waals surface area contributed by atoms with Crippen LogP contribution in [0.3, 0.4) is 0 Å². The largest absolute Gasteiger partial charge is 0.326 e. The first-order chi connectivity index (χ1) is 12.1. The number of nitrogens with zero attached hydrogens (tertiary/aromatic N) is 4. The topological polar surface area (TPSA) is 104 Å². The minimum absolute atomic E-state index is 0.174. The molecule has 0 radical (unpaired) electrons. The zero-order chi connectivity index (χ0) is 17.6. The Labute approximate surface area is 143 Å². The monoisotopic (exact) mass is 339 g/mol. The van der Waals surface area contributed by atoms with Gasteiger partial charge in [-0.3, -0.25) is 19.9 Å². The summed E-state index contributed by atoms with van der Waals surface area (Å²) in [5, 5.41) is 24.1. The summed E-state index contributed by atoms with van der Waals surface area (Å²) in [6.45, 7) is 0.269. The molecule has 25 heavy (non-hydrogen) atoms. The van der Waals surface area contributed by atoms with Crippen LogP contribution in [0.15, 0.2) is 60.9 Å². The van der Waals surface area contributed by atoms with E-state index in [0.717, 1.165) is 11.1 Å². The molecule has 0 aliphatic heterocycles. The fourth-order valence-electron chi connectivity index (χ4n) is 2.33. The molecular formula is C17H17N5O3. The fourth-order valence-corrected chi connectivity index (χ4v) is 2.33. The van der Waals surface area contributed by atoms with Crippen LogP contribution in [0.5, 0.6) is 0 Å². The summed E-state index contributed by atoms with van der Waals surface area (Å²) < 4.78 is 1.36. The van der Waals surface area contributed by atoms with Crippen LogP contribution in [0.1, 0.15) is 6.42 Å². The first-order valence-electron chi connectivity index (χ1n) is 7.64. The maximum absolute atomic E-state index is 12.1. The Balaban J connectivity index is 1.59. The van der Waals surface area contributed by atoms with E-state index in [1.165, 1.54) is 11.0 Å². The maximum Gasteiger partial charge on any atom is 0.295 e. The van der Waals surface area contributed by atoms with Gasteiger partial charge in [0, 0.05) is 12.1 Å². The van der Waals surface area contributed by atoms with Crippen molar-refractivity contribution in [3.63, 3.8) is 0 Å². The molecule has 0 aliphatic carbocycles. The summed E-state index contributed by atoms with van der Waals surface area (Å²) >= 11 is 0. The molecule has 128 valence electrons. The molecular weight excluding hydrogens is 322 g/mol. The second kappa shape index (κ2) is 7.56. The van der Waals surface area contributed by atoms with Crippen molar-refractivity contribution in [2.24, 2.45) is 0 Å². The van der Waals surface area contributed by atoms with Crippen molar-refractivity contribution in [3.8, 4) is 11.1 Å². The Morgan fingerprint density at radius 2 is 1.84 bits per heavy atom. The van der Waals surface area contributed by atoms with Gasteiger partial charge in [0.05, 0.1) is 6.54 Å². The Hall–Kier alpha value is -3.23. The molecule has 8 heteroatoms. The van der Waals surface area contributed by atoms with E-state index in [0.29, 0.717) is 5.69 Å². The number of benzene rings is 2. The van der Waals surface area contributed by atoms with Crippen molar-refractivity contribution in [1.29, 1.82) is 0 Å². The number of anilines is 2. The molecule has 0 unspecified atom stereocenters. The number of carbonyl (C=O) groups excluding carboxylic acids is 1. The van der Waals surface area contributed by atoms with Crippen LogP contribution < -0.4 is 10.5 Å². The molecule has 0 saturated carbocycles. The zero-order valence-corrected chi connectivity index (χ0v) is 13.3. The highest BCUT2D eigenvalue weighted by Gasteiger charge is 2.08. The van der Waals surface area contributed by atoms with Crippen molar-refractivity contribution in [2.45, 2.75) is 13.0 Å². The quantitative estimate of drug-likeness (QED) is 0.596. The van der Waals surface area contributed by atoms with Gasteiger partial charge in [0.15, 0.2) is 0 Å². The molecule has 0 saturated heterocycles. The average molecular weight is 339 g/mol. The number of carbonyl (C=O) groups is 1. The van der Waals surface area contributed by atoms with Crippen LogP contribution in [0.4, 0.5) is 11.6 Å². The van der Waals surface area contributed by atoms with Crippen LogP contribution in [0, 0.1) is 0 Å². The van der Waals surface area contributed by atoms with E-state index in [1.54, 1.807) is 0 Å². The molecule has 1 amide bonds. The van der Waals surface area contributed by atoms with Gasteiger partial charge in [-0.25, -0.2) is 0 Å². The minimum atomic E-state index is -0.254. The Bertz CT molecular complexity index is 848. The number of nitrogens with one attached hydrogen (secondary N) is 1. The van der Waals surface area contributed by atoms with E-state index < -0.39 is 0 Å². The highest BCUT2D eigenvalue weighted by atomic mass is 16.8. The number of amides is 1. The lowest BCUT2D eigenvalue weighted by molar-refractivity contribution is -0.116. The Kier molecular flexibility index (Phi) is 5.03. The van der Waals surface area contributed by atoms with Gasteiger partial charge in [-0.15, -0.1) is 5.10 Å². The Morgan fingerprint density at radius 3 is 2.56 bits per heavy atom. The third kappa shape index (κ3) is 4.40. The number of hydrogen-bond acceptors (Lipinski definition) is 6. The van der Waals surface area contributed by atoms with Crippen LogP contribution in [0.25, 0.3) is 11.1 Å². The maximum atomic E-state index is 12.1. The van der Waals surface area contributed by atoms with Gasteiger partial charge in [-0.05, 0) is 23.3 Å². The standard InChI is InChI=1S/C17H17N5O3/c23-16(9-10-21-12-18-17(20-21)22(24)25)19-15-8-4-7-14(11-15)13-5-2-1-3-6-13/h1-8,11-12,24-25H,9-10H2,(H,19,23). The van der Waals surface area contributed by atoms with E-state index >= 15 is 0 Å². The molecule has 3 N–H and O–H groups in total. The molecule has 0 bridgehead atoms. The van der Waals surface area contributed by atoms with Gasteiger partial charge in [0.25, 0.3) is 5.95 Å². The zero-order valence-electron chi connectivity index (χ0n) is 13.3. The number of aryl methyl sites for hydroxylation is 1. The van der Waals surface area contributed by atoms with Gasteiger partial charge in [-0.1, -0.05) is 47.7 Å².